The topological polar surface area (TPSA) is 88.8 Å². The molecule has 20 heavy (non-hydrogen) atoms. The van der Waals surface area contributed by atoms with Crippen molar-refractivity contribution >= 4 is 23.5 Å². The second kappa shape index (κ2) is 6.51. The Morgan fingerprint density at radius 2 is 1.75 bits per heavy atom. The number of nitrogens with one attached hydrogen (secondary N) is 2. The molecular weight excluding hydrogens is 280 g/mol. The van der Waals surface area contributed by atoms with Gasteiger partial charge in [0.1, 0.15) is 5.76 Å². The highest BCUT2D eigenvalue weighted by Crippen LogP contribution is 2.12. The summed E-state index contributed by atoms with van der Waals surface area (Å²) in [5.74, 6) is 2.23. The molecule has 0 aliphatic rings. The van der Waals surface area contributed by atoms with Crippen LogP contribution in [0, 0.1) is 13.8 Å². The molecule has 0 saturated carbocycles. The maximum Gasteiger partial charge on any atom is 0.229 e. The number of aryl methyl sites for hydroxylation is 2. The predicted octanol–water partition coefficient (Wildman–Crippen LogP) is 2.56. The second-order valence-electron chi connectivity index (χ2n) is 4.28. The van der Waals surface area contributed by atoms with E-state index in [2.05, 4.69) is 37.5 Å². The Bertz CT molecular complexity index is 566. The number of hydrogen-bond acceptors (Lipinski definition) is 7. The van der Waals surface area contributed by atoms with Crippen LogP contribution in [-0.4, -0.2) is 26.5 Å². The Hall–Kier alpha value is -1.89. The van der Waals surface area contributed by atoms with E-state index in [1.165, 1.54) is 0 Å². The van der Waals surface area contributed by atoms with Crippen LogP contribution < -0.4 is 10.6 Å². The Morgan fingerprint density at radius 1 is 1.05 bits per heavy atom. The van der Waals surface area contributed by atoms with Crippen LogP contribution in [0.5, 0.6) is 0 Å². The molecule has 0 aliphatic heterocycles. The average Bonchev–Trinajstić information content (AvgIpc) is 2.73. The van der Waals surface area contributed by atoms with Crippen LogP contribution in [0.25, 0.3) is 0 Å². The Balaban J connectivity index is 2.03. The van der Waals surface area contributed by atoms with Crippen molar-refractivity contribution in [1.29, 1.82) is 0 Å². The smallest absolute Gasteiger partial charge is 0.229 e. The van der Waals surface area contributed by atoms with Crippen molar-refractivity contribution in [2.45, 2.75) is 33.7 Å². The van der Waals surface area contributed by atoms with Crippen LogP contribution >= 0.6 is 11.6 Å². The molecule has 0 spiro atoms. The molecule has 2 rings (SSSR count). The maximum absolute atomic E-state index is 5.86. The summed E-state index contributed by atoms with van der Waals surface area (Å²) in [4.78, 5) is 16.5. The zero-order valence-corrected chi connectivity index (χ0v) is 12.5. The van der Waals surface area contributed by atoms with Gasteiger partial charge < -0.3 is 15.1 Å². The molecule has 0 fully saturated rings. The van der Waals surface area contributed by atoms with E-state index in [0.29, 0.717) is 24.3 Å². The molecule has 0 aromatic carbocycles. The van der Waals surface area contributed by atoms with Crippen LogP contribution in [0.4, 0.5) is 11.9 Å². The highest BCUT2D eigenvalue weighted by molar-refractivity contribution is 6.28. The lowest BCUT2D eigenvalue weighted by atomic mass is 10.4. The van der Waals surface area contributed by atoms with Gasteiger partial charge in [-0.1, -0.05) is 6.92 Å². The van der Waals surface area contributed by atoms with Gasteiger partial charge in [0.15, 0.2) is 0 Å². The summed E-state index contributed by atoms with van der Waals surface area (Å²) in [5.41, 5.74) is 0.876. The van der Waals surface area contributed by atoms with Gasteiger partial charge in [-0.05, 0) is 31.9 Å². The van der Waals surface area contributed by atoms with Gasteiger partial charge in [-0.25, -0.2) is 4.98 Å². The first-order valence-corrected chi connectivity index (χ1v) is 6.78. The van der Waals surface area contributed by atoms with Crippen LogP contribution in [-0.2, 0) is 6.54 Å². The Kier molecular flexibility index (Phi) is 4.73. The summed E-state index contributed by atoms with van der Waals surface area (Å²) in [5, 5.41) is 6.22. The zero-order chi connectivity index (χ0) is 14.5. The summed E-state index contributed by atoms with van der Waals surface area (Å²) in [7, 11) is 0. The molecule has 0 saturated heterocycles. The average molecular weight is 297 g/mol. The van der Waals surface area contributed by atoms with Crippen molar-refractivity contribution in [2.75, 3.05) is 17.2 Å². The van der Waals surface area contributed by atoms with Crippen LogP contribution in [0.1, 0.15) is 30.7 Å². The third-order valence-electron chi connectivity index (χ3n) is 2.61. The highest BCUT2D eigenvalue weighted by Gasteiger charge is 2.08. The fourth-order valence-corrected chi connectivity index (χ4v) is 1.67. The number of nitrogens with zero attached hydrogens (tertiary/aromatic N) is 4. The van der Waals surface area contributed by atoms with Crippen molar-refractivity contribution < 1.29 is 4.42 Å². The molecule has 2 N–H and O–H groups in total. The molecule has 0 unspecified atom stereocenters. The lowest BCUT2D eigenvalue weighted by Gasteiger charge is -2.06. The number of hydrogen-bond donors (Lipinski definition) is 2. The van der Waals surface area contributed by atoms with Crippen molar-refractivity contribution in [3.05, 3.63) is 22.6 Å². The van der Waals surface area contributed by atoms with E-state index in [-0.39, 0.29) is 5.28 Å². The van der Waals surface area contributed by atoms with Gasteiger partial charge in [0.05, 0.1) is 12.2 Å². The first-order chi connectivity index (χ1) is 9.58. The van der Waals surface area contributed by atoms with E-state index < -0.39 is 0 Å². The lowest BCUT2D eigenvalue weighted by molar-refractivity contribution is 0.478. The molecule has 2 heterocycles. The van der Waals surface area contributed by atoms with Crippen LogP contribution in [0.15, 0.2) is 4.42 Å². The molecule has 8 heteroatoms. The minimum atomic E-state index is 0.140. The predicted molar refractivity (Wildman–Crippen MR) is 76.9 cm³/mol. The summed E-state index contributed by atoms with van der Waals surface area (Å²) >= 11 is 5.86. The van der Waals surface area contributed by atoms with E-state index in [9.17, 15) is 0 Å². The third-order valence-corrected chi connectivity index (χ3v) is 2.78. The molecule has 0 radical (unpaired) electrons. The van der Waals surface area contributed by atoms with Crippen molar-refractivity contribution in [3.8, 4) is 0 Å². The fraction of sp³-hybridized carbons (Fsp3) is 0.500. The van der Waals surface area contributed by atoms with Gasteiger partial charge in [-0.3, -0.25) is 0 Å². The van der Waals surface area contributed by atoms with E-state index in [1.807, 2.05) is 13.8 Å². The number of rotatable bonds is 6. The maximum atomic E-state index is 5.86. The first kappa shape index (κ1) is 14.5. The highest BCUT2D eigenvalue weighted by atomic mass is 35.5. The molecule has 0 aliphatic carbocycles. The summed E-state index contributed by atoms with van der Waals surface area (Å²) in [6, 6.07) is 0. The number of aromatic nitrogens is 4. The van der Waals surface area contributed by atoms with E-state index in [0.717, 1.165) is 24.4 Å². The fourth-order valence-electron chi connectivity index (χ4n) is 1.51. The normalized spacial score (nSPS) is 10.6. The van der Waals surface area contributed by atoms with Crippen molar-refractivity contribution in [1.82, 2.24) is 19.9 Å². The standard InChI is InChI=1S/C12H17ClN6O/c1-4-5-14-11-17-10(13)18-12(19-11)15-6-9-16-7(2)8(3)20-9/h4-6H2,1-3H3,(H2,14,15,17,18,19). The SMILES string of the molecule is CCCNc1nc(Cl)nc(NCc2nc(C)c(C)o2)n1. The Morgan fingerprint density at radius 3 is 2.35 bits per heavy atom. The summed E-state index contributed by atoms with van der Waals surface area (Å²) < 4.78 is 5.47. The third kappa shape index (κ3) is 3.80. The van der Waals surface area contributed by atoms with E-state index >= 15 is 0 Å². The minimum Gasteiger partial charge on any atom is -0.444 e. The lowest BCUT2D eigenvalue weighted by Crippen LogP contribution is -2.09. The largest absolute Gasteiger partial charge is 0.444 e. The van der Waals surface area contributed by atoms with Gasteiger partial charge in [-0.2, -0.15) is 15.0 Å². The quantitative estimate of drug-likeness (QED) is 0.846. The first-order valence-electron chi connectivity index (χ1n) is 6.40. The van der Waals surface area contributed by atoms with Gasteiger partial charge >= 0.3 is 0 Å². The molecule has 0 amide bonds. The van der Waals surface area contributed by atoms with Crippen molar-refractivity contribution in [3.63, 3.8) is 0 Å². The molecule has 2 aromatic rings. The van der Waals surface area contributed by atoms with Gasteiger partial charge in [0, 0.05) is 6.54 Å². The molecule has 2 aromatic heterocycles. The minimum absolute atomic E-state index is 0.140. The second-order valence-corrected chi connectivity index (χ2v) is 4.62. The number of anilines is 2. The monoisotopic (exact) mass is 296 g/mol. The van der Waals surface area contributed by atoms with Gasteiger partial charge in [-0.15, -0.1) is 0 Å². The van der Waals surface area contributed by atoms with Crippen LogP contribution in [0.3, 0.4) is 0 Å². The molecule has 0 atom stereocenters. The number of oxazole rings is 1. The van der Waals surface area contributed by atoms with E-state index in [1.54, 1.807) is 0 Å². The summed E-state index contributed by atoms with van der Waals surface area (Å²) in [6.07, 6.45) is 0.973. The van der Waals surface area contributed by atoms with Crippen molar-refractivity contribution in [2.24, 2.45) is 0 Å². The molecule has 0 bridgehead atoms. The van der Waals surface area contributed by atoms with Gasteiger partial charge in [0.2, 0.25) is 23.1 Å². The van der Waals surface area contributed by atoms with Gasteiger partial charge in [0.25, 0.3) is 0 Å². The zero-order valence-electron chi connectivity index (χ0n) is 11.7. The van der Waals surface area contributed by atoms with E-state index in [4.69, 9.17) is 16.0 Å². The number of halogens is 1. The Labute approximate surface area is 122 Å². The molecule has 108 valence electrons. The molecular formula is C12H17ClN6O. The summed E-state index contributed by atoms with van der Waals surface area (Å²) in [6.45, 7) is 7.00. The van der Waals surface area contributed by atoms with Crippen LogP contribution in [0.2, 0.25) is 5.28 Å². The molecule has 7 nitrogen and oxygen atoms in total.